The van der Waals surface area contributed by atoms with Gasteiger partial charge in [-0.05, 0) is 12.1 Å². The maximum Gasteiger partial charge on any atom is 0.243 e. The van der Waals surface area contributed by atoms with Crippen molar-refractivity contribution in [3.05, 3.63) is 46.8 Å². The van der Waals surface area contributed by atoms with E-state index < -0.39 is 27.3 Å². The third-order valence-corrected chi connectivity index (χ3v) is 4.17. The van der Waals surface area contributed by atoms with Crippen molar-refractivity contribution in [3.63, 3.8) is 0 Å². The molecule has 0 aliphatic rings. The fourth-order valence-electron chi connectivity index (χ4n) is 1.56. The molecule has 0 aliphatic heterocycles. The van der Waals surface area contributed by atoms with Crippen LogP contribution < -0.4 is 4.72 Å². The number of hydrogen-bond donors (Lipinski definition) is 3. The summed E-state index contributed by atoms with van der Waals surface area (Å²) in [5, 5.41) is 9.01. The van der Waals surface area contributed by atoms with Gasteiger partial charge in [-0.1, -0.05) is 11.6 Å². The lowest BCUT2D eigenvalue weighted by Gasteiger charge is -2.09. The number of H-pyrrole nitrogens is 1. The van der Waals surface area contributed by atoms with Gasteiger partial charge in [0.2, 0.25) is 10.0 Å². The minimum atomic E-state index is -4.09. The Kier molecular flexibility index (Phi) is 4.39. The summed E-state index contributed by atoms with van der Waals surface area (Å²) in [6.07, 6.45) is 2.84. The van der Waals surface area contributed by atoms with Crippen LogP contribution >= 0.6 is 11.6 Å². The smallest absolute Gasteiger partial charge is 0.243 e. The highest BCUT2D eigenvalue weighted by Gasteiger charge is 2.22. The highest BCUT2D eigenvalue weighted by molar-refractivity contribution is 7.89. The van der Waals surface area contributed by atoms with Crippen LogP contribution in [0.25, 0.3) is 0 Å². The van der Waals surface area contributed by atoms with E-state index in [1.54, 1.807) is 0 Å². The van der Waals surface area contributed by atoms with E-state index in [4.69, 9.17) is 16.7 Å². The van der Waals surface area contributed by atoms with Gasteiger partial charge in [-0.2, -0.15) is 0 Å². The molecule has 1 heterocycles. The molecule has 1 aromatic carbocycles. The number of aliphatic hydroxyl groups excluding tert-OH is 1. The molecular weight excluding hydrogens is 309 g/mol. The van der Waals surface area contributed by atoms with Gasteiger partial charge in [-0.3, -0.25) is 0 Å². The van der Waals surface area contributed by atoms with Crippen LogP contribution in [0.3, 0.4) is 0 Å². The summed E-state index contributed by atoms with van der Waals surface area (Å²) in [7, 11) is -4.09. The molecule has 6 nitrogen and oxygen atoms in total. The first-order valence-electron chi connectivity index (χ1n) is 5.49. The minimum Gasteiger partial charge on any atom is -0.392 e. The molecule has 3 N–H and O–H groups in total. The first-order valence-corrected chi connectivity index (χ1v) is 7.36. The largest absolute Gasteiger partial charge is 0.392 e. The zero-order valence-corrected chi connectivity index (χ0v) is 11.7. The van der Waals surface area contributed by atoms with Crippen molar-refractivity contribution in [1.82, 2.24) is 14.7 Å². The molecule has 0 atom stereocenters. The molecule has 0 bridgehead atoms. The number of imidazole rings is 1. The number of sulfonamides is 1. The number of nitrogens with one attached hydrogen (secondary N) is 2. The number of halogens is 2. The standard InChI is InChI=1S/C11H11ClFN3O3S/c12-8-1-7(5-17)11(13)10(2-8)20(18,19)16-4-9-3-14-6-15-9/h1-3,6,16-17H,4-5H2,(H,14,15). The Morgan fingerprint density at radius 2 is 2.20 bits per heavy atom. The van der Waals surface area contributed by atoms with Crippen molar-refractivity contribution in [2.45, 2.75) is 18.0 Å². The Balaban J connectivity index is 2.31. The van der Waals surface area contributed by atoms with Crippen molar-refractivity contribution in [3.8, 4) is 0 Å². The molecule has 0 aliphatic carbocycles. The summed E-state index contributed by atoms with van der Waals surface area (Å²) in [6.45, 7) is -0.710. The van der Waals surface area contributed by atoms with Crippen LogP contribution in [-0.2, 0) is 23.2 Å². The van der Waals surface area contributed by atoms with Crippen LogP contribution in [-0.4, -0.2) is 23.5 Å². The molecule has 9 heteroatoms. The number of nitrogens with zero attached hydrogens (tertiary/aromatic N) is 1. The molecule has 0 fully saturated rings. The fraction of sp³-hybridized carbons (Fsp3) is 0.182. The maximum absolute atomic E-state index is 14.0. The highest BCUT2D eigenvalue weighted by Crippen LogP contribution is 2.23. The number of rotatable bonds is 5. The van der Waals surface area contributed by atoms with E-state index in [1.807, 2.05) is 0 Å². The van der Waals surface area contributed by atoms with Crippen molar-refractivity contribution < 1.29 is 17.9 Å². The van der Waals surface area contributed by atoms with E-state index in [0.29, 0.717) is 5.69 Å². The second-order valence-corrected chi connectivity index (χ2v) is 6.11. The third kappa shape index (κ3) is 3.15. The zero-order valence-electron chi connectivity index (χ0n) is 10.1. The lowest BCUT2D eigenvalue weighted by Crippen LogP contribution is -2.24. The summed E-state index contributed by atoms with van der Waals surface area (Å²) in [4.78, 5) is 5.84. The van der Waals surface area contributed by atoms with Crippen LogP contribution in [0.15, 0.2) is 29.6 Å². The Labute approximate surface area is 119 Å². The van der Waals surface area contributed by atoms with E-state index >= 15 is 0 Å². The van der Waals surface area contributed by atoms with Crippen molar-refractivity contribution >= 4 is 21.6 Å². The van der Waals surface area contributed by atoms with Gasteiger partial charge in [0.15, 0.2) is 0 Å². The van der Waals surface area contributed by atoms with Gasteiger partial charge in [0.1, 0.15) is 10.7 Å². The van der Waals surface area contributed by atoms with Gasteiger partial charge in [-0.25, -0.2) is 22.5 Å². The number of aromatic amines is 1. The molecule has 0 spiro atoms. The number of hydrogen-bond acceptors (Lipinski definition) is 4. The molecule has 0 amide bonds. The van der Waals surface area contributed by atoms with E-state index in [2.05, 4.69) is 14.7 Å². The van der Waals surface area contributed by atoms with Gasteiger partial charge in [0.25, 0.3) is 0 Å². The van der Waals surface area contributed by atoms with Crippen molar-refractivity contribution in [2.75, 3.05) is 0 Å². The summed E-state index contributed by atoms with van der Waals surface area (Å²) >= 11 is 5.72. The zero-order chi connectivity index (χ0) is 14.8. The lowest BCUT2D eigenvalue weighted by atomic mass is 10.2. The van der Waals surface area contributed by atoms with Crippen LogP contribution in [0.4, 0.5) is 4.39 Å². The molecule has 0 radical (unpaired) electrons. The lowest BCUT2D eigenvalue weighted by molar-refractivity contribution is 0.274. The summed E-state index contributed by atoms with van der Waals surface area (Å²) in [5.41, 5.74) is 0.345. The fourth-order valence-corrected chi connectivity index (χ4v) is 3.02. The van der Waals surface area contributed by atoms with E-state index in [9.17, 15) is 12.8 Å². The number of aromatic nitrogens is 2. The SMILES string of the molecule is O=S(=O)(NCc1cnc[nH]1)c1cc(Cl)cc(CO)c1F. The Bertz CT molecular complexity index is 704. The number of benzene rings is 1. The summed E-state index contributed by atoms with van der Waals surface area (Å²) in [5.74, 6) is -1.02. The Morgan fingerprint density at radius 1 is 1.45 bits per heavy atom. The first kappa shape index (κ1) is 14.9. The quantitative estimate of drug-likeness (QED) is 0.771. The molecule has 20 heavy (non-hydrogen) atoms. The second kappa shape index (κ2) is 5.88. The van der Waals surface area contributed by atoms with Gasteiger partial charge < -0.3 is 10.1 Å². The molecule has 0 saturated carbocycles. The molecule has 0 unspecified atom stereocenters. The highest BCUT2D eigenvalue weighted by atomic mass is 35.5. The predicted octanol–water partition coefficient (Wildman–Crippen LogP) is 1.17. The average Bonchev–Trinajstić information content (AvgIpc) is 2.92. The van der Waals surface area contributed by atoms with Gasteiger partial charge in [-0.15, -0.1) is 0 Å². The van der Waals surface area contributed by atoms with E-state index in [0.717, 1.165) is 6.07 Å². The maximum atomic E-state index is 14.0. The molecule has 0 saturated heterocycles. The number of aliphatic hydroxyl groups is 1. The van der Waals surface area contributed by atoms with Crippen molar-refractivity contribution in [1.29, 1.82) is 0 Å². The molecule has 108 valence electrons. The Morgan fingerprint density at radius 3 is 2.80 bits per heavy atom. The molecular formula is C11H11ClFN3O3S. The predicted molar refractivity (Wildman–Crippen MR) is 69.9 cm³/mol. The summed E-state index contributed by atoms with van der Waals surface area (Å²) < 4.78 is 40.3. The van der Waals surface area contributed by atoms with Crippen LogP contribution in [0.1, 0.15) is 11.3 Å². The van der Waals surface area contributed by atoms with Crippen molar-refractivity contribution in [2.24, 2.45) is 0 Å². The molecule has 2 aromatic rings. The molecule has 2 rings (SSSR count). The van der Waals surface area contributed by atoms with Gasteiger partial charge in [0, 0.05) is 22.5 Å². The molecule has 1 aromatic heterocycles. The minimum absolute atomic E-state index is 0.0253. The van der Waals surface area contributed by atoms with Crippen LogP contribution in [0, 0.1) is 5.82 Å². The summed E-state index contributed by atoms with van der Waals surface area (Å²) in [6, 6.07) is 2.16. The van der Waals surface area contributed by atoms with E-state index in [1.165, 1.54) is 18.6 Å². The van der Waals surface area contributed by atoms with Gasteiger partial charge >= 0.3 is 0 Å². The normalized spacial score (nSPS) is 11.8. The average molecular weight is 320 g/mol. The van der Waals surface area contributed by atoms with Crippen LogP contribution in [0.2, 0.25) is 5.02 Å². The topological polar surface area (TPSA) is 95.1 Å². The monoisotopic (exact) mass is 319 g/mol. The first-order chi connectivity index (χ1) is 9.44. The van der Waals surface area contributed by atoms with Crippen LogP contribution in [0.5, 0.6) is 0 Å². The third-order valence-electron chi connectivity index (χ3n) is 2.55. The van der Waals surface area contributed by atoms with Gasteiger partial charge in [0.05, 0.1) is 19.5 Å². The van der Waals surface area contributed by atoms with E-state index in [-0.39, 0.29) is 17.1 Å². The Hall–Kier alpha value is -1.48. The second-order valence-electron chi connectivity index (χ2n) is 3.94.